The molecule has 1 aliphatic carbocycles. The summed E-state index contributed by atoms with van der Waals surface area (Å²) < 4.78 is 0. The fourth-order valence-electron chi connectivity index (χ4n) is 2.94. The molecule has 4 heteroatoms. The van der Waals surface area contributed by atoms with Crippen molar-refractivity contribution in [2.75, 3.05) is 6.54 Å². The fourth-order valence-corrected chi connectivity index (χ4v) is 2.94. The topological polar surface area (TPSA) is 58.2 Å². The summed E-state index contributed by atoms with van der Waals surface area (Å²) in [5, 5.41) is 5.96. The van der Waals surface area contributed by atoms with E-state index in [0.29, 0.717) is 6.54 Å². The van der Waals surface area contributed by atoms with Crippen molar-refractivity contribution < 1.29 is 9.59 Å². The van der Waals surface area contributed by atoms with Gasteiger partial charge in [-0.2, -0.15) is 0 Å². The van der Waals surface area contributed by atoms with E-state index in [1.807, 2.05) is 37.3 Å². The third-order valence-electron chi connectivity index (χ3n) is 4.33. The van der Waals surface area contributed by atoms with Gasteiger partial charge in [0, 0.05) is 24.9 Å². The van der Waals surface area contributed by atoms with Crippen LogP contribution in [-0.2, 0) is 16.1 Å². The zero-order valence-electron chi connectivity index (χ0n) is 13.3. The van der Waals surface area contributed by atoms with Crippen LogP contribution in [0.4, 0.5) is 0 Å². The van der Waals surface area contributed by atoms with Crippen LogP contribution in [0.5, 0.6) is 0 Å². The average molecular weight is 302 g/mol. The molecule has 1 saturated carbocycles. The molecule has 0 unspecified atom stereocenters. The number of nitrogens with one attached hydrogen (secondary N) is 2. The van der Waals surface area contributed by atoms with Gasteiger partial charge in [-0.25, -0.2) is 0 Å². The first-order chi connectivity index (χ1) is 10.7. The summed E-state index contributed by atoms with van der Waals surface area (Å²) in [4.78, 5) is 24.1. The van der Waals surface area contributed by atoms with Crippen LogP contribution >= 0.6 is 0 Å². The van der Waals surface area contributed by atoms with E-state index in [9.17, 15) is 9.59 Å². The van der Waals surface area contributed by atoms with Crippen LogP contribution in [0.15, 0.2) is 30.3 Å². The van der Waals surface area contributed by atoms with E-state index in [1.54, 1.807) is 0 Å². The molecule has 1 aromatic carbocycles. The first-order valence-corrected chi connectivity index (χ1v) is 8.30. The molecule has 22 heavy (non-hydrogen) atoms. The van der Waals surface area contributed by atoms with Crippen LogP contribution in [0, 0.1) is 11.8 Å². The molecule has 0 heterocycles. The van der Waals surface area contributed by atoms with Crippen LogP contribution in [0.1, 0.15) is 44.6 Å². The quantitative estimate of drug-likeness (QED) is 0.848. The normalized spacial score (nSPS) is 21.1. The van der Waals surface area contributed by atoms with Gasteiger partial charge in [-0.3, -0.25) is 9.59 Å². The first kappa shape index (κ1) is 16.5. The lowest BCUT2D eigenvalue weighted by atomic mass is 9.81. The maximum Gasteiger partial charge on any atom is 0.223 e. The maximum absolute atomic E-state index is 12.2. The predicted octanol–water partition coefficient (Wildman–Crippen LogP) is 2.64. The molecule has 1 fully saturated rings. The van der Waals surface area contributed by atoms with Crippen molar-refractivity contribution in [1.82, 2.24) is 10.6 Å². The van der Waals surface area contributed by atoms with E-state index in [-0.39, 0.29) is 23.7 Å². The second-order valence-corrected chi connectivity index (χ2v) is 6.04. The number of amides is 2. The Morgan fingerprint density at radius 3 is 2.05 bits per heavy atom. The molecule has 2 N–H and O–H groups in total. The van der Waals surface area contributed by atoms with Gasteiger partial charge in [-0.1, -0.05) is 37.3 Å². The molecule has 0 saturated heterocycles. The minimum absolute atomic E-state index is 0.0546. The number of carbonyl (C=O) groups is 2. The molecule has 0 atom stereocenters. The molecule has 2 rings (SSSR count). The molecule has 4 nitrogen and oxygen atoms in total. The van der Waals surface area contributed by atoms with E-state index in [0.717, 1.165) is 44.2 Å². The van der Waals surface area contributed by atoms with Gasteiger partial charge in [-0.15, -0.1) is 0 Å². The maximum atomic E-state index is 12.2. The second-order valence-electron chi connectivity index (χ2n) is 6.04. The summed E-state index contributed by atoms with van der Waals surface area (Å²) in [7, 11) is 0. The third kappa shape index (κ3) is 4.86. The fraction of sp³-hybridized carbons (Fsp3) is 0.556. The van der Waals surface area contributed by atoms with Crippen LogP contribution in [0.2, 0.25) is 0 Å². The highest BCUT2D eigenvalue weighted by Gasteiger charge is 2.29. The third-order valence-corrected chi connectivity index (χ3v) is 4.33. The molecule has 0 spiro atoms. The Kier molecular flexibility index (Phi) is 6.44. The van der Waals surface area contributed by atoms with Crippen molar-refractivity contribution in [3.63, 3.8) is 0 Å². The summed E-state index contributed by atoms with van der Waals surface area (Å²) in [6.07, 6.45) is 4.22. The van der Waals surface area contributed by atoms with Gasteiger partial charge in [0.2, 0.25) is 11.8 Å². The summed E-state index contributed by atoms with van der Waals surface area (Å²) in [6, 6.07) is 9.93. The average Bonchev–Trinajstić information content (AvgIpc) is 2.58. The lowest BCUT2D eigenvalue weighted by molar-refractivity contribution is -0.130. The number of hydrogen-bond donors (Lipinski definition) is 2. The van der Waals surface area contributed by atoms with Gasteiger partial charge < -0.3 is 10.6 Å². The number of benzene rings is 1. The monoisotopic (exact) mass is 302 g/mol. The first-order valence-electron chi connectivity index (χ1n) is 8.30. The summed E-state index contributed by atoms with van der Waals surface area (Å²) in [5.74, 6) is 0.421. The Morgan fingerprint density at radius 2 is 1.50 bits per heavy atom. The Bertz CT molecular complexity index is 479. The lowest BCUT2D eigenvalue weighted by Crippen LogP contribution is -2.37. The Labute approximate surface area is 132 Å². The summed E-state index contributed by atoms with van der Waals surface area (Å²) >= 11 is 0. The van der Waals surface area contributed by atoms with Crippen LogP contribution in [0.25, 0.3) is 0 Å². The molecular formula is C18H26N2O2. The van der Waals surface area contributed by atoms with E-state index in [1.165, 1.54) is 0 Å². The highest BCUT2D eigenvalue weighted by Crippen LogP contribution is 2.29. The van der Waals surface area contributed by atoms with Gasteiger partial charge in [0.1, 0.15) is 0 Å². The largest absolute Gasteiger partial charge is 0.356 e. The van der Waals surface area contributed by atoms with Crippen molar-refractivity contribution in [3.05, 3.63) is 35.9 Å². The van der Waals surface area contributed by atoms with E-state index in [4.69, 9.17) is 0 Å². The van der Waals surface area contributed by atoms with Crippen molar-refractivity contribution in [2.45, 2.75) is 45.6 Å². The molecule has 0 aliphatic heterocycles. The molecule has 2 amide bonds. The van der Waals surface area contributed by atoms with Gasteiger partial charge >= 0.3 is 0 Å². The van der Waals surface area contributed by atoms with Gasteiger partial charge in [0.25, 0.3) is 0 Å². The van der Waals surface area contributed by atoms with E-state index in [2.05, 4.69) is 10.6 Å². The Morgan fingerprint density at radius 1 is 0.955 bits per heavy atom. The van der Waals surface area contributed by atoms with Crippen molar-refractivity contribution in [3.8, 4) is 0 Å². The number of rotatable bonds is 6. The summed E-state index contributed by atoms with van der Waals surface area (Å²) in [6.45, 7) is 3.38. The zero-order valence-corrected chi connectivity index (χ0v) is 13.3. The van der Waals surface area contributed by atoms with E-state index < -0.39 is 0 Å². The minimum Gasteiger partial charge on any atom is -0.356 e. The van der Waals surface area contributed by atoms with Gasteiger partial charge in [0.15, 0.2) is 0 Å². The highest BCUT2D eigenvalue weighted by atomic mass is 16.2. The predicted molar refractivity (Wildman–Crippen MR) is 87.0 cm³/mol. The highest BCUT2D eigenvalue weighted by molar-refractivity contribution is 5.81. The van der Waals surface area contributed by atoms with Gasteiger partial charge in [-0.05, 0) is 37.7 Å². The van der Waals surface area contributed by atoms with Crippen LogP contribution in [0.3, 0.4) is 0 Å². The lowest BCUT2D eigenvalue weighted by Gasteiger charge is -2.27. The Hall–Kier alpha value is -1.84. The van der Waals surface area contributed by atoms with Crippen LogP contribution < -0.4 is 10.6 Å². The van der Waals surface area contributed by atoms with Crippen LogP contribution in [-0.4, -0.2) is 18.4 Å². The van der Waals surface area contributed by atoms with Crippen molar-refractivity contribution in [1.29, 1.82) is 0 Å². The second kappa shape index (κ2) is 8.57. The molecule has 0 aromatic heterocycles. The van der Waals surface area contributed by atoms with Crippen molar-refractivity contribution in [2.24, 2.45) is 11.8 Å². The molecule has 0 bridgehead atoms. The standard InChI is InChI=1S/C18H26N2O2/c1-2-12-19-17(21)15-8-10-16(11-9-15)18(22)20-13-14-6-4-3-5-7-14/h3-7,15-16H,2,8-13H2,1H3,(H,19,21)(H,20,22). The molecular weight excluding hydrogens is 276 g/mol. The molecule has 1 aliphatic rings. The minimum atomic E-state index is 0.0546. The molecule has 120 valence electrons. The van der Waals surface area contributed by atoms with Crippen molar-refractivity contribution >= 4 is 11.8 Å². The van der Waals surface area contributed by atoms with E-state index >= 15 is 0 Å². The zero-order chi connectivity index (χ0) is 15.8. The van der Waals surface area contributed by atoms with Gasteiger partial charge in [0.05, 0.1) is 0 Å². The SMILES string of the molecule is CCCNC(=O)C1CCC(C(=O)NCc2ccccc2)CC1. The molecule has 1 aromatic rings. The number of carbonyl (C=O) groups excluding carboxylic acids is 2. The molecule has 0 radical (unpaired) electrons. The Balaban J connectivity index is 1.72. The smallest absolute Gasteiger partial charge is 0.223 e. The number of hydrogen-bond acceptors (Lipinski definition) is 2. The summed E-state index contributed by atoms with van der Waals surface area (Å²) in [5.41, 5.74) is 1.11.